The van der Waals surface area contributed by atoms with E-state index in [0.717, 1.165) is 0 Å². The lowest BCUT2D eigenvalue weighted by Crippen LogP contribution is -2.40. The van der Waals surface area contributed by atoms with Crippen LogP contribution in [0.2, 0.25) is 0 Å². The van der Waals surface area contributed by atoms with Crippen LogP contribution in [0.1, 0.15) is 39.2 Å². The van der Waals surface area contributed by atoms with Crippen molar-refractivity contribution in [2.24, 2.45) is 11.8 Å². The van der Waals surface area contributed by atoms with Crippen LogP contribution in [-0.2, 0) is 28.7 Å². The van der Waals surface area contributed by atoms with Gasteiger partial charge in [-0.1, -0.05) is 30.3 Å². The molecule has 6 nitrogen and oxygen atoms in total. The molecule has 0 bridgehead atoms. The van der Waals surface area contributed by atoms with Crippen molar-refractivity contribution < 1.29 is 28.7 Å². The molecule has 0 spiro atoms. The Morgan fingerprint density at radius 2 is 1.20 bits per heavy atom. The molecule has 0 aromatic heterocycles. The van der Waals surface area contributed by atoms with E-state index in [1.54, 1.807) is 44.2 Å². The third-order valence-electron chi connectivity index (χ3n) is 3.86. The lowest BCUT2D eigenvalue weighted by Gasteiger charge is -2.29. The number of esters is 2. The van der Waals surface area contributed by atoms with Crippen LogP contribution in [0.4, 0.5) is 0 Å². The zero-order chi connectivity index (χ0) is 19.0. The third-order valence-corrected chi connectivity index (χ3v) is 3.86. The Hall–Kier alpha value is -2.50. The molecule has 6 heteroatoms. The lowest BCUT2D eigenvalue weighted by atomic mass is 9.73. The number of carbonyl (C=O) groups is 4. The zero-order valence-electron chi connectivity index (χ0n) is 15.0. The number of carbonyl (C=O) groups excluding carboxylic acids is 4. The highest BCUT2D eigenvalue weighted by Gasteiger charge is 2.45. The van der Waals surface area contributed by atoms with Crippen LogP contribution < -0.4 is 0 Å². The highest BCUT2D eigenvalue weighted by Crippen LogP contribution is 2.35. The molecule has 1 rings (SSSR count). The number of hydrogen-bond donors (Lipinski definition) is 0. The molecule has 0 fully saturated rings. The average molecular weight is 348 g/mol. The molecule has 1 aromatic carbocycles. The maximum atomic E-state index is 12.4. The Labute approximate surface area is 147 Å². The summed E-state index contributed by atoms with van der Waals surface area (Å²) in [6, 6.07) is 8.55. The van der Waals surface area contributed by atoms with E-state index in [1.807, 2.05) is 0 Å². The first-order valence-electron chi connectivity index (χ1n) is 8.24. The molecule has 136 valence electrons. The molecule has 0 amide bonds. The standard InChI is InChI=1S/C19H24O6/c1-5-24-18(22)15(12(3)20)17(14-10-8-7-9-11-14)16(13(4)21)19(23)25-6-2/h7-11,15-17H,5-6H2,1-4H3. The number of ether oxygens (including phenoxy) is 2. The van der Waals surface area contributed by atoms with Crippen molar-refractivity contribution in [1.29, 1.82) is 0 Å². The van der Waals surface area contributed by atoms with Gasteiger partial charge in [-0.2, -0.15) is 0 Å². The summed E-state index contributed by atoms with van der Waals surface area (Å²) in [7, 11) is 0. The molecule has 0 radical (unpaired) electrons. The Morgan fingerprint density at radius 3 is 1.52 bits per heavy atom. The Kier molecular flexibility index (Phi) is 7.98. The van der Waals surface area contributed by atoms with Gasteiger partial charge in [0, 0.05) is 5.92 Å². The SMILES string of the molecule is CCOC(=O)C(C(C)=O)C(c1ccccc1)C(C(C)=O)C(=O)OCC. The van der Waals surface area contributed by atoms with Crippen molar-refractivity contribution in [3.05, 3.63) is 35.9 Å². The minimum atomic E-state index is -1.26. The Bertz CT molecular complexity index is 586. The van der Waals surface area contributed by atoms with Crippen molar-refractivity contribution in [3.63, 3.8) is 0 Å². The minimum Gasteiger partial charge on any atom is -0.465 e. The highest BCUT2D eigenvalue weighted by molar-refractivity contribution is 6.04. The molecule has 2 atom stereocenters. The molecule has 0 saturated heterocycles. The molecule has 25 heavy (non-hydrogen) atoms. The van der Waals surface area contributed by atoms with Gasteiger partial charge < -0.3 is 9.47 Å². The fourth-order valence-corrected chi connectivity index (χ4v) is 2.85. The molecule has 0 aliphatic carbocycles. The van der Waals surface area contributed by atoms with Gasteiger partial charge in [0.05, 0.1) is 13.2 Å². The van der Waals surface area contributed by atoms with Crippen LogP contribution in [0.25, 0.3) is 0 Å². The van der Waals surface area contributed by atoms with Gasteiger partial charge >= 0.3 is 11.9 Å². The first-order chi connectivity index (χ1) is 11.8. The molecular weight excluding hydrogens is 324 g/mol. The van der Waals surface area contributed by atoms with Crippen molar-refractivity contribution in [2.45, 2.75) is 33.6 Å². The molecule has 2 unspecified atom stereocenters. The summed E-state index contributed by atoms with van der Waals surface area (Å²) in [5.74, 6) is -5.94. The predicted molar refractivity (Wildman–Crippen MR) is 90.8 cm³/mol. The van der Waals surface area contributed by atoms with Crippen LogP contribution in [0.15, 0.2) is 30.3 Å². The Balaban J connectivity index is 3.50. The highest BCUT2D eigenvalue weighted by atomic mass is 16.5. The largest absolute Gasteiger partial charge is 0.465 e. The maximum Gasteiger partial charge on any atom is 0.317 e. The van der Waals surface area contributed by atoms with E-state index in [9.17, 15) is 19.2 Å². The van der Waals surface area contributed by atoms with Gasteiger partial charge in [0.15, 0.2) is 0 Å². The lowest BCUT2D eigenvalue weighted by molar-refractivity contribution is -0.157. The first-order valence-corrected chi connectivity index (χ1v) is 8.24. The zero-order valence-corrected chi connectivity index (χ0v) is 15.0. The minimum absolute atomic E-state index is 0.0915. The van der Waals surface area contributed by atoms with Gasteiger partial charge in [0.1, 0.15) is 23.4 Å². The molecule has 0 heterocycles. The third kappa shape index (κ3) is 5.24. The average Bonchev–Trinajstić information content (AvgIpc) is 2.54. The quantitative estimate of drug-likeness (QED) is 0.503. The second-order valence-electron chi connectivity index (χ2n) is 5.62. The molecule has 0 aliphatic heterocycles. The van der Waals surface area contributed by atoms with E-state index in [1.165, 1.54) is 13.8 Å². The smallest absolute Gasteiger partial charge is 0.317 e. The van der Waals surface area contributed by atoms with E-state index in [2.05, 4.69) is 0 Å². The topological polar surface area (TPSA) is 86.7 Å². The fraction of sp³-hybridized carbons (Fsp3) is 0.474. The molecular formula is C19H24O6. The summed E-state index contributed by atoms with van der Waals surface area (Å²) in [4.78, 5) is 49.2. The van der Waals surface area contributed by atoms with E-state index >= 15 is 0 Å². The summed E-state index contributed by atoms with van der Waals surface area (Å²) in [5, 5.41) is 0. The molecule has 0 saturated carbocycles. The number of Topliss-reactive ketones (excluding diaryl/α,β-unsaturated/α-hetero) is 2. The molecule has 0 N–H and O–H groups in total. The monoisotopic (exact) mass is 348 g/mol. The first kappa shape index (κ1) is 20.5. The number of rotatable bonds is 9. The maximum absolute atomic E-state index is 12.4. The van der Waals surface area contributed by atoms with Gasteiger partial charge in [-0.3, -0.25) is 19.2 Å². The van der Waals surface area contributed by atoms with Gasteiger partial charge in [-0.05, 0) is 33.3 Å². The van der Waals surface area contributed by atoms with Crippen LogP contribution in [-0.4, -0.2) is 36.7 Å². The van der Waals surface area contributed by atoms with Crippen LogP contribution in [0.3, 0.4) is 0 Å². The normalized spacial score (nSPS) is 14.1. The summed E-state index contributed by atoms with van der Waals surface area (Å²) in [6.45, 7) is 5.93. The molecule has 0 aliphatic rings. The van der Waals surface area contributed by atoms with Gasteiger partial charge in [0.2, 0.25) is 0 Å². The summed E-state index contributed by atoms with van der Waals surface area (Å²) in [6.07, 6.45) is 0. The van der Waals surface area contributed by atoms with E-state index < -0.39 is 41.3 Å². The Morgan fingerprint density at radius 1 is 0.800 bits per heavy atom. The van der Waals surface area contributed by atoms with Gasteiger partial charge in [-0.25, -0.2) is 0 Å². The summed E-state index contributed by atoms with van der Waals surface area (Å²) < 4.78 is 10.0. The van der Waals surface area contributed by atoms with Crippen LogP contribution in [0.5, 0.6) is 0 Å². The van der Waals surface area contributed by atoms with E-state index in [-0.39, 0.29) is 13.2 Å². The predicted octanol–water partition coefficient (Wildman–Crippen LogP) is 2.31. The second-order valence-corrected chi connectivity index (χ2v) is 5.62. The van der Waals surface area contributed by atoms with Crippen LogP contribution in [0, 0.1) is 11.8 Å². The molecule has 1 aromatic rings. The van der Waals surface area contributed by atoms with E-state index in [4.69, 9.17) is 9.47 Å². The van der Waals surface area contributed by atoms with Gasteiger partial charge in [-0.15, -0.1) is 0 Å². The van der Waals surface area contributed by atoms with Crippen molar-refractivity contribution >= 4 is 23.5 Å². The fourth-order valence-electron chi connectivity index (χ4n) is 2.85. The summed E-state index contributed by atoms with van der Waals surface area (Å²) in [5.41, 5.74) is 0.531. The van der Waals surface area contributed by atoms with Crippen molar-refractivity contribution in [1.82, 2.24) is 0 Å². The number of ketones is 2. The van der Waals surface area contributed by atoms with Crippen molar-refractivity contribution in [2.75, 3.05) is 13.2 Å². The van der Waals surface area contributed by atoms with E-state index in [0.29, 0.717) is 5.56 Å². The van der Waals surface area contributed by atoms with Crippen molar-refractivity contribution in [3.8, 4) is 0 Å². The number of benzene rings is 1. The number of hydrogen-bond acceptors (Lipinski definition) is 6. The van der Waals surface area contributed by atoms with Gasteiger partial charge in [0.25, 0.3) is 0 Å². The second kappa shape index (κ2) is 9.71. The van der Waals surface area contributed by atoms with Crippen LogP contribution >= 0.6 is 0 Å². The summed E-state index contributed by atoms with van der Waals surface area (Å²) >= 11 is 0.